The van der Waals surface area contributed by atoms with E-state index in [4.69, 9.17) is 0 Å². The molecule has 0 amide bonds. The Balaban J connectivity index is 1.93. The highest BCUT2D eigenvalue weighted by molar-refractivity contribution is 7.98. The molecule has 1 heterocycles. The Hall–Kier alpha value is -3.21. The van der Waals surface area contributed by atoms with Crippen molar-refractivity contribution in [2.24, 2.45) is 0 Å². The van der Waals surface area contributed by atoms with Crippen molar-refractivity contribution in [1.29, 1.82) is 10.5 Å². The number of allylic oxidation sites excluding steroid dienone is 4. The Kier molecular flexibility index (Phi) is 3.72. The fraction of sp³-hybridized carbons (Fsp3) is 0.167. The summed E-state index contributed by atoms with van der Waals surface area (Å²) in [7, 11) is 0. The molecule has 0 fully saturated rings. The average Bonchev–Trinajstić information content (AvgIpc) is 3.06. The van der Waals surface area contributed by atoms with E-state index in [1.165, 1.54) is 37.5 Å². The zero-order valence-corrected chi connectivity index (χ0v) is 16.5. The SMILES string of the molecule is CSc1c(C)cc2c3c1ccc1cccc(c13)n2C1C=C(C#N)C=C(C#N)C1. The highest BCUT2D eigenvalue weighted by atomic mass is 32.2. The first-order chi connectivity index (χ1) is 13.7. The summed E-state index contributed by atoms with van der Waals surface area (Å²) in [5.41, 5.74) is 4.80. The van der Waals surface area contributed by atoms with Crippen molar-refractivity contribution in [3.8, 4) is 12.1 Å². The van der Waals surface area contributed by atoms with Gasteiger partial charge in [0.15, 0.2) is 0 Å². The number of nitriles is 2. The molecule has 1 aliphatic rings. The van der Waals surface area contributed by atoms with Crippen molar-refractivity contribution in [2.75, 3.05) is 6.26 Å². The largest absolute Gasteiger partial charge is 0.333 e. The molecule has 3 aromatic carbocycles. The number of hydrogen-bond donors (Lipinski definition) is 0. The first kappa shape index (κ1) is 16.9. The van der Waals surface area contributed by atoms with Crippen LogP contribution in [-0.2, 0) is 0 Å². The fourth-order valence-corrected chi connectivity index (χ4v) is 5.39. The summed E-state index contributed by atoms with van der Waals surface area (Å²) < 4.78 is 2.32. The zero-order valence-electron chi connectivity index (χ0n) is 15.7. The molecule has 28 heavy (non-hydrogen) atoms. The summed E-state index contributed by atoms with van der Waals surface area (Å²) >= 11 is 1.78. The lowest BCUT2D eigenvalue weighted by Gasteiger charge is -2.21. The summed E-state index contributed by atoms with van der Waals surface area (Å²) in [6.07, 6.45) is 6.43. The van der Waals surface area contributed by atoms with Crippen molar-refractivity contribution in [2.45, 2.75) is 24.3 Å². The van der Waals surface area contributed by atoms with Gasteiger partial charge in [0.2, 0.25) is 0 Å². The molecule has 0 saturated heterocycles. The van der Waals surface area contributed by atoms with Gasteiger partial charge in [-0.1, -0.05) is 24.3 Å². The minimum absolute atomic E-state index is 0.0463. The fourth-order valence-electron chi connectivity index (χ4n) is 4.62. The summed E-state index contributed by atoms with van der Waals surface area (Å²) in [6, 6.07) is 17.5. The maximum absolute atomic E-state index is 9.48. The quantitative estimate of drug-likeness (QED) is 0.305. The van der Waals surface area contributed by atoms with Gasteiger partial charge in [0.05, 0.1) is 34.8 Å². The van der Waals surface area contributed by atoms with Crippen LogP contribution in [-0.4, -0.2) is 10.8 Å². The second-order valence-corrected chi connectivity index (χ2v) is 8.08. The molecule has 5 rings (SSSR count). The Morgan fingerprint density at radius 1 is 1.07 bits per heavy atom. The molecule has 4 heteroatoms. The highest BCUT2D eigenvalue weighted by Crippen LogP contribution is 2.44. The maximum atomic E-state index is 9.48. The molecular formula is C24H17N3S. The smallest absolute Gasteiger partial charge is 0.0989 e. The van der Waals surface area contributed by atoms with Gasteiger partial charge in [-0.3, -0.25) is 0 Å². The van der Waals surface area contributed by atoms with Gasteiger partial charge in [-0.25, -0.2) is 0 Å². The van der Waals surface area contributed by atoms with Crippen LogP contribution in [0.5, 0.6) is 0 Å². The summed E-state index contributed by atoms with van der Waals surface area (Å²) in [6.45, 7) is 2.16. The van der Waals surface area contributed by atoms with Gasteiger partial charge >= 0.3 is 0 Å². The highest BCUT2D eigenvalue weighted by Gasteiger charge is 2.24. The summed E-state index contributed by atoms with van der Waals surface area (Å²) in [5.74, 6) is 0. The van der Waals surface area contributed by atoms with Gasteiger partial charge in [-0.2, -0.15) is 10.5 Å². The number of nitrogens with zero attached hydrogens (tertiary/aromatic N) is 3. The molecular weight excluding hydrogens is 362 g/mol. The van der Waals surface area contributed by atoms with Crippen LogP contribution in [0.15, 0.2) is 64.6 Å². The first-order valence-electron chi connectivity index (χ1n) is 9.21. The Labute approximate surface area is 167 Å². The Morgan fingerprint density at radius 3 is 2.68 bits per heavy atom. The van der Waals surface area contributed by atoms with Crippen LogP contribution < -0.4 is 0 Å². The van der Waals surface area contributed by atoms with E-state index in [1.54, 1.807) is 17.8 Å². The number of hydrogen-bond acceptors (Lipinski definition) is 3. The molecule has 1 aliphatic carbocycles. The molecule has 4 aromatic rings. The third-order valence-corrected chi connectivity index (χ3v) is 6.64. The van der Waals surface area contributed by atoms with Crippen LogP contribution in [0.3, 0.4) is 0 Å². The summed E-state index contributed by atoms with van der Waals surface area (Å²) in [5, 5.41) is 24.0. The average molecular weight is 379 g/mol. The van der Waals surface area contributed by atoms with E-state index >= 15 is 0 Å². The summed E-state index contributed by atoms with van der Waals surface area (Å²) in [4.78, 5) is 1.31. The molecule has 1 aromatic heterocycles. The molecule has 1 atom stereocenters. The van der Waals surface area contributed by atoms with Crippen molar-refractivity contribution in [3.63, 3.8) is 0 Å². The molecule has 0 spiro atoms. The van der Waals surface area contributed by atoms with Crippen molar-refractivity contribution < 1.29 is 0 Å². The lowest BCUT2D eigenvalue weighted by atomic mass is 9.96. The molecule has 0 radical (unpaired) electrons. The molecule has 0 bridgehead atoms. The van der Waals surface area contributed by atoms with Crippen LogP contribution >= 0.6 is 11.8 Å². The van der Waals surface area contributed by atoms with E-state index in [1.807, 2.05) is 6.08 Å². The monoisotopic (exact) mass is 379 g/mol. The zero-order chi connectivity index (χ0) is 19.4. The molecule has 0 N–H and O–H groups in total. The molecule has 0 aliphatic heterocycles. The number of thioether (sulfide) groups is 1. The predicted molar refractivity (Wildman–Crippen MR) is 116 cm³/mol. The van der Waals surface area contributed by atoms with Crippen LogP contribution in [0.1, 0.15) is 18.0 Å². The van der Waals surface area contributed by atoms with Crippen LogP contribution in [0.2, 0.25) is 0 Å². The van der Waals surface area contributed by atoms with Crippen molar-refractivity contribution in [1.82, 2.24) is 4.57 Å². The van der Waals surface area contributed by atoms with Crippen molar-refractivity contribution >= 4 is 44.3 Å². The third-order valence-electron chi connectivity index (χ3n) is 5.69. The second kappa shape index (κ2) is 6.16. The first-order valence-corrected chi connectivity index (χ1v) is 10.4. The van der Waals surface area contributed by atoms with Gasteiger partial charge in [0.1, 0.15) is 0 Å². The Morgan fingerprint density at radius 2 is 1.93 bits per heavy atom. The lowest BCUT2D eigenvalue weighted by Crippen LogP contribution is -2.11. The number of aryl methyl sites for hydroxylation is 1. The van der Waals surface area contributed by atoms with Crippen LogP contribution in [0.4, 0.5) is 0 Å². The van der Waals surface area contributed by atoms with E-state index in [0.717, 1.165) is 5.52 Å². The van der Waals surface area contributed by atoms with E-state index < -0.39 is 0 Å². The van der Waals surface area contributed by atoms with Gasteiger partial charge in [0.25, 0.3) is 0 Å². The third kappa shape index (κ3) is 2.22. The van der Waals surface area contributed by atoms with E-state index in [-0.39, 0.29) is 6.04 Å². The van der Waals surface area contributed by atoms with Gasteiger partial charge in [-0.15, -0.1) is 11.8 Å². The number of benzene rings is 3. The van der Waals surface area contributed by atoms with Gasteiger partial charge < -0.3 is 4.57 Å². The standard InChI is InChI=1S/C24H17N3S/c1-14-8-21-23-19(24(14)28-2)7-6-17-4-3-5-20(22(17)23)27(21)18-10-15(12-25)9-16(11-18)13-26/h3-10,18H,11H2,1-2H3. The van der Waals surface area contributed by atoms with Crippen LogP contribution in [0, 0.1) is 29.6 Å². The van der Waals surface area contributed by atoms with E-state index in [0.29, 0.717) is 17.6 Å². The number of aromatic nitrogens is 1. The molecule has 3 nitrogen and oxygen atoms in total. The van der Waals surface area contributed by atoms with Gasteiger partial charge in [-0.05, 0) is 53.8 Å². The van der Waals surface area contributed by atoms with Gasteiger partial charge in [0, 0.05) is 27.7 Å². The number of rotatable bonds is 2. The lowest BCUT2D eigenvalue weighted by molar-refractivity contribution is 0.634. The topological polar surface area (TPSA) is 52.5 Å². The minimum atomic E-state index is -0.0463. The van der Waals surface area contributed by atoms with Crippen LogP contribution in [0.25, 0.3) is 32.6 Å². The van der Waals surface area contributed by atoms with E-state index in [9.17, 15) is 10.5 Å². The minimum Gasteiger partial charge on any atom is -0.333 e. The Bertz CT molecular complexity index is 1410. The second-order valence-electron chi connectivity index (χ2n) is 7.27. The normalized spacial score (nSPS) is 16.9. The molecule has 134 valence electrons. The maximum Gasteiger partial charge on any atom is 0.0989 e. The van der Waals surface area contributed by atoms with Crippen molar-refractivity contribution in [3.05, 3.63) is 65.3 Å². The molecule has 1 unspecified atom stereocenters. The predicted octanol–water partition coefficient (Wildman–Crippen LogP) is 6.26. The van der Waals surface area contributed by atoms with E-state index in [2.05, 4.69) is 66.3 Å². The molecule has 0 saturated carbocycles.